The van der Waals surface area contributed by atoms with E-state index in [1.807, 2.05) is 60.7 Å². The normalized spacial score (nSPS) is 13.1. The van der Waals surface area contributed by atoms with Crippen molar-refractivity contribution < 1.29 is 9.47 Å². The number of hydrogen-bond donors (Lipinski definition) is 0. The number of hydrogen-bond acceptors (Lipinski definition) is 2. The summed E-state index contributed by atoms with van der Waals surface area (Å²) in [5.41, 5.74) is 2.31. The van der Waals surface area contributed by atoms with E-state index in [-0.39, 0.29) is 12.2 Å². The Labute approximate surface area is 143 Å². The predicted molar refractivity (Wildman–Crippen MR) is 97.4 cm³/mol. The molecule has 122 valence electrons. The Hall–Kier alpha value is -2.74. The molecule has 0 N–H and O–H groups in total. The van der Waals surface area contributed by atoms with Crippen LogP contribution in [0.15, 0.2) is 84.9 Å². The minimum absolute atomic E-state index is 0.00648. The zero-order valence-electron chi connectivity index (χ0n) is 14.1. The fraction of sp³-hybridized carbons (Fsp3) is 0.182. The lowest BCUT2D eigenvalue weighted by molar-refractivity contribution is 0.214. The summed E-state index contributed by atoms with van der Waals surface area (Å²) in [5.74, 6) is 1.62. The van der Waals surface area contributed by atoms with Crippen molar-refractivity contribution >= 4 is 0 Å². The van der Waals surface area contributed by atoms with Crippen LogP contribution in [-0.4, -0.2) is 0 Å². The molecule has 0 bridgehead atoms. The first-order valence-corrected chi connectivity index (χ1v) is 8.25. The maximum atomic E-state index is 6.05. The summed E-state index contributed by atoms with van der Waals surface area (Å²) in [6, 6.07) is 28.2. The van der Waals surface area contributed by atoms with Crippen LogP contribution in [0.3, 0.4) is 0 Å². The highest BCUT2D eigenvalue weighted by atomic mass is 16.5. The van der Waals surface area contributed by atoms with Gasteiger partial charge in [-0.2, -0.15) is 0 Å². The van der Waals surface area contributed by atoms with Crippen molar-refractivity contribution in [3.05, 3.63) is 96.1 Å². The molecule has 0 saturated carbocycles. The van der Waals surface area contributed by atoms with Gasteiger partial charge in [0.05, 0.1) is 0 Å². The van der Waals surface area contributed by atoms with Crippen LogP contribution in [0, 0.1) is 0 Å². The minimum atomic E-state index is -0.00648. The van der Waals surface area contributed by atoms with Gasteiger partial charge in [-0.25, -0.2) is 0 Å². The van der Waals surface area contributed by atoms with E-state index in [0.29, 0.717) is 0 Å². The van der Waals surface area contributed by atoms with Crippen LogP contribution < -0.4 is 9.47 Å². The molecule has 0 radical (unpaired) electrons. The standard InChI is InChI=1S/C22H22O2/c1-17(19-10-5-3-6-11-19)23-21-14-9-15-22(16-21)24-18(2)20-12-7-4-8-13-20/h3-18H,1-2H3/t17-,18-/m0/s1. The molecule has 2 heteroatoms. The fourth-order valence-corrected chi connectivity index (χ4v) is 2.61. The SMILES string of the molecule is C[C@H](Oc1cccc(O[C@@H](C)c2ccccc2)c1)c1ccccc1. The van der Waals surface area contributed by atoms with Crippen molar-refractivity contribution in [3.63, 3.8) is 0 Å². The number of ether oxygens (including phenoxy) is 2. The highest BCUT2D eigenvalue weighted by molar-refractivity contribution is 5.34. The highest BCUT2D eigenvalue weighted by Gasteiger charge is 2.10. The molecule has 0 aliphatic rings. The van der Waals surface area contributed by atoms with Gasteiger partial charge in [-0.3, -0.25) is 0 Å². The van der Waals surface area contributed by atoms with Gasteiger partial charge in [0.1, 0.15) is 23.7 Å². The van der Waals surface area contributed by atoms with Crippen LogP contribution in [0.5, 0.6) is 11.5 Å². The van der Waals surface area contributed by atoms with Crippen LogP contribution in [-0.2, 0) is 0 Å². The molecule has 0 aliphatic heterocycles. The van der Waals surface area contributed by atoms with Crippen LogP contribution in [0.4, 0.5) is 0 Å². The Morgan fingerprint density at radius 1 is 0.542 bits per heavy atom. The van der Waals surface area contributed by atoms with Crippen LogP contribution in [0.1, 0.15) is 37.2 Å². The van der Waals surface area contributed by atoms with Gasteiger partial charge in [-0.15, -0.1) is 0 Å². The third-order valence-corrected chi connectivity index (χ3v) is 3.97. The van der Waals surface area contributed by atoms with Crippen molar-refractivity contribution in [1.82, 2.24) is 0 Å². The van der Waals surface area contributed by atoms with Gasteiger partial charge < -0.3 is 9.47 Å². The van der Waals surface area contributed by atoms with Gasteiger partial charge in [0.15, 0.2) is 0 Å². The summed E-state index contributed by atoms with van der Waals surface area (Å²) >= 11 is 0. The molecule has 2 nitrogen and oxygen atoms in total. The molecule has 3 aromatic rings. The molecule has 0 saturated heterocycles. The lowest BCUT2D eigenvalue weighted by Gasteiger charge is -2.18. The Morgan fingerprint density at radius 2 is 0.958 bits per heavy atom. The van der Waals surface area contributed by atoms with Gasteiger partial charge in [0.25, 0.3) is 0 Å². The van der Waals surface area contributed by atoms with Crippen molar-refractivity contribution in [3.8, 4) is 11.5 Å². The summed E-state index contributed by atoms with van der Waals surface area (Å²) in [7, 11) is 0. The lowest BCUT2D eigenvalue weighted by Crippen LogP contribution is -2.04. The van der Waals surface area contributed by atoms with E-state index in [2.05, 4.69) is 38.1 Å². The molecular weight excluding hydrogens is 296 g/mol. The predicted octanol–water partition coefficient (Wildman–Crippen LogP) is 5.97. The van der Waals surface area contributed by atoms with E-state index in [1.54, 1.807) is 0 Å². The second-order valence-electron chi connectivity index (χ2n) is 5.82. The maximum absolute atomic E-state index is 6.05. The fourth-order valence-electron chi connectivity index (χ4n) is 2.61. The summed E-state index contributed by atoms with van der Waals surface area (Å²) in [6.45, 7) is 4.10. The Morgan fingerprint density at radius 3 is 1.38 bits per heavy atom. The molecular formula is C22H22O2. The maximum Gasteiger partial charge on any atom is 0.123 e. The summed E-state index contributed by atoms with van der Waals surface area (Å²) < 4.78 is 12.1. The molecule has 0 spiro atoms. The second-order valence-corrected chi connectivity index (χ2v) is 5.82. The van der Waals surface area contributed by atoms with Gasteiger partial charge >= 0.3 is 0 Å². The first kappa shape index (κ1) is 16.1. The Bertz CT molecular complexity index is 690. The second kappa shape index (κ2) is 7.69. The third kappa shape index (κ3) is 4.17. The van der Waals surface area contributed by atoms with Crippen molar-refractivity contribution in [2.75, 3.05) is 0 Å². The monoisotopic (exact) mass is 318 g/mol. The average molecular weight is 318 g/mol. The largest absolute Gasteiger partial charge is 0.486 e. The van der Waals surface area contributed by atoms with E-state index in [1.165, 1.54) is 0 Å². The quantitative estimate of drug-likeness (QED) is 0.557. The van der Waals surface area contributed by atoms with Crippen molar-refractivity contribution in [2.24, 2.45) is 0 Å². The lowest BCUT2D eigenvalue weighted by atomic mass is 10.1. The average Bonchev–Trinajstić information content (AvgIpc) is 2.63. The minimum Gasteiger partial charge on any atom is -0.486 e. The van der Waals surface area contributed by atoms with Crippen molar-refractivity contribution in [1.29, 1.82) is 0 Å². The molecule has 0 amide bonds. The Kier molecular flexibility index (Phi) is 5.17. The molecule has 3 rings (SSSR count). The topological polar surface area (TPSA) is 18.5 Å². The zero-order chi connectivity index (χ0) is 16.8. The molecule has 0 fully saturated rings. The van der Waals surface area contributed by atoms with E-state index >= 15 is 0 Å². The van der Waals surface area contributed by atoms with Gasteiger partial charge in [-0.05, 0) is 37.1 Å². The van der Waals surface area contributed by atoms with Crippen LogP contribution in [0.25, 0.3) is 0 Å². The molecule has 0 heterocycles. The molecule has 24 heavy (non-hydrogen) atoms. The summed E-state index contributed by atoms with van der Waals surface area (Å²) in [4.78, 5) is 0. The van der Waals surface area contributed by atoms with Gasteiger partial charge in [-0.1, -0.05) is 66.7 Å². The van der Waals surface area contributed by atoms with Crippen molar-refractivity contribution in [2.45, 2.75) is 26.1 Å². The molecule has 2 atom stereocenters. The number of benzene rings is 3. The summed E-state index contributed by atoms with van der Waals surface area (Å²) in [6.07, 6.45) is -0.0130. The van der Waals surface area contributed by atoms with E-state index < -0.39 is 0 Å². The molecule has 0 unspecified atom stereocenters. The first-order valence-electron chi connectivity index (χ1n) is 8.25. The van der Waals surface area contributed by atoms with E-state index in [4.69, 9.17) is 9.47 Å². The van der Waals surface area contributed by atoms with E-state index in [9.17, 15) is 0 Å². The number of rotatable bonds is 6. The van der Waals surface area contributed by atoms with E-state index in [0.717, 1.165) is 22.6 Å². The molecule has 3 aromatic carbocycles. The smallest absolute Gasteiger partial charge is 0.123 e. The summed E-state index contributed by atoms with van der Waals surface area (Å²) in [5, 5.41) is 0. The molecule has 0 aliphatic carbocycles. The first-order chi connectivity index (χ1) is 11.7. The van der Waals surface area contributed by atoms with Crippen LogP contribution >= 0.6 is 0 Å². The van der Waals surface area contributed by atoms with Gasteiger partial charge in [0.2, 0.25) is 0 Å². The van der Waals surface area contributed by atoms with Gasteiger partial charge in [0, 0.05) is 6.07 Å². The zero-order valence-corrected chi connectivity index (χ0v) is 14.1. The highest BCUT2D eigenvalue weighted by Crippen LogP contribution is 2.28. The molecule has 0 aromatic heterocycles. The Balaban J connectivity index is 1.68. The van der Waals surface area contributed by atoms with Crippen LogP contribution in [0.2, 0.25) is 0 Å². The third-order valence-electron chi connectivity index (χ3n) is 3.97.